The summed E-state index contributed by atoms with van der Waals surface area (Å²) < 4.78 is 1.78. The number of nitrogens with one attached hydrogen (secondary N) is 1. The van der Waals surface area contributed by atoms with Gasteiger partial charge in [-0.3, -0.25) is 9.59 Å². The molecule has 3 N–H and O–H groups in total. The molecule has 23 heavy (non-hydrogen) atoms. The molecule has 0 aliphatic rings. The zero-order chi connectivity index (χ0) is 16.2. The Labute approximate surface area is 142 Å². The van der Waals surface area contributed by atoms with E-state index in [0.29, 0.717) is 11.9 Å². The number of hydrogen-bond donors (Lipinski definition) is 2. The molecule has 0 aliphatic heterocycles. The van der Waals surface area contributed by atoms with Gasteiger partial charge in [0.05, 0.1) is 5.52 Å². The number of fused-ring (bicyclic) bond motifs is 1. The van der Waals surface area contributed by atoms with Crippen molar-refractivity contribution in [2.24, 2.45) is 5.73 Å². The van der Waals surface area contributed by atoms with Crippen molar-refractivity contribution in [2.75, 3.05) is 6.54 Å². The Morgan fingerprint density at radius 1 is 1.22 bits per heavy atom. The van der Waals surface area contributed by atoms with Gasteiger partial charge < -0.3 is 15.6 Å². The molecule has 0 atom stereocenters. The van der Waals surface area contributed by atoms with E-state index in [0.717, 1.165) is 18.4 Å². The molecule has 0 saturated carbocycles. The monoisotopic (exact) mass is 337 g/mol. The van der Waals surface area contributed by atoms with Crippen LogP contribution in [0.3, 0.4) is 0 Å². The molecule has 0 bridgehead atoms. The van der Waals surface area contributed by atoms with Gasteiger partial charge in [-0.2, -0.15) is 0 Å². The highest BCUT2D eigenvalue weighted by atomic mass is 35.5. The third-order valence-corrected chi connectivity index (χ3v) is 4.24. The number of amides is 1. The first-order valence-corrected chi connectivity index (χ1v) is 7.63. The van der Waals surface area contributed by atoms with Crippen LogP contribution in [0.2, 0.25) is 0 Å². The van der Waals surface area contributed by atoms with Crippen molar-refractivity contribution in [2.45, 2.75) is 38.8 Å². The van der Waals surface area contributed by atoms with Gasteiger partial charge in [0.15, 0.2) is 5.43 Å². The molecule has 2 aromatic rings. The third-order valence-electron chi connectivity index (χ3n) is 4.24. The van der Waals surface area contributed by atoms with E-state index in [1.54, 1.807) is 16.8 Å². The van der Waals surface area contributed by atoms with Gasteiger partial charge in [-0.05, 0) is 25.0 Å². The van der Waals surface area contributed by atoms with Crippen LogP contribution in [0.1, 0.15) is 26.7 Å². The number of benzene rings is 1. The standard InChI is InChI=1S/C17H23N3O2.ClH/c1-3-17(18,4-2)12-19-16(22)11-20-10-9-15(21)13-7-5-6-8-14(13)20;/h5-10H,3-4,11-12,18H2,1-2H3,(H,19,22);1H. The minimum Gasteiger partial charge on any atom is -0.353 e. The minimum absolute atomic E-state index is 0. The molecule has 1 heterocycles. The van der Waals surface area contributed by atoms with Gasteiger partial charge in [-0.1, -0.05) is 26.0 Å². The maximum absolute atomic E-state index is 12.2. The quantitative estimate of drug-likeness (QED) is 0.847. The molecule has 1 aromatic heterocycles. The van der Waals surface area contributed by atoms with Gasteiger partial charge in [0.1, 0.15) is 6.54 Å². The first-order chi connectivity index (χ1) is 10.5. The van der Waals surface area contributed by atoms with Crippen LogP contribution in [0, 0.1) is 0 Å². The molecule has 2 rings (SSSR count). The number of nitrogens with two attached hydrogens (primary N) is 1. The van der Waals surface area contributed by atoms with E-state index < -0.39 is 0 Å². The molecule has 5 nitrogen and oxygen atoms in total. The Bertz CT molecular complexity index is 723. The average molecular weight is 338 g/mol. The van der Waals surface area contributed by atoms with Gasteiger partial charge in [-0.25, -0.2) is 0 Å². The molecule has 0 radical (unpaired) electrons. The zero-order valence-corrected chi connectivity index (χ0v) is 14.4. The second kappa shape index (κ2) is 8.13. The van der Waals surface area contributed by atoms with Gasteiger partial charge in [-0.15, -0.1) is 12.4 Å². The van der Waals surface area contributed by atoms with Crippen molar-refractivity contribution in [3.05, 3.63) is 46.8 Å². The number of nitrogens with zero attached hydrogens (tertiary/aromatic N) is 1. The SMILES string of the molecule is CCC(N)(CC)CNC(=O)Cn1ccc(=O)c2ccccc21.Cl. The smallest absolute Gasteiger partial charge is 0.240 e. The molecule has 0 aliphatic carbocycles. The van der Waals surface area contributed by atoms with E-state index in [1.165, 1.54) is 6.07 Å². The zero-order valence-electron chi connectivity index (χ0n) is 13.5. The number of carbonyl (C=O) groups excluding carboxylic acids is 1. The molecule has 0 spiro atoms. The molecule has 0 fully saturated rings. The largest absolute Gasteiger partial charge is 0.353 e. The molecule has 126 valence electrons. The summed E-state index contributed by atoms with van der Waals surface area (Å²) in [5.74, 6) is -0.106. The predicted molar refractivity (Wildman–Crippen MR) is 96.0 cm³/mol. The number of hydrogen-bond acceptors (Lipinski definition) is 3. The maximum Gasteiger partial charge on any atom is 0.240 e. The summed E-state index contributed by atoms with van der Waals surface area (Å²) in [6, 6.07) is 8.77. The van der Waals surface area contributed by atoms with Crippen LogP contribution < -0.4 is 16.5 Å². The summed E-state index contributed by atoms with van der Waals surface area (Å²) >= 11 is 0. The summed E-state index contributed by atoms with van der Waals surface area (Å²) in [6.07, 6.45) is 3.27. The molecule has 1 aromatic carbocycles. The molecule has 0 unspecified atom stereocenters. The van der Waals surface area contributed by atoms with E-state index in [-0.39, 0.29) is 35.8 Å². The van der Waals surface area contributed by atoms with E-state index in [2.05, 4.69) is 5.32 Å². The van der Waals surface area contributed by atoms with E-state index in [9.17, 15) is 9.59 Å². The van der Waals surface area contributed by atoms with Crippen LogP contribution in [0.4, 0.5) is 0 Å². The van der Waals surface area contributed by atoms with Crippen molar-refractivity contribution < 1.29 is 4.79 Å². The van der Waals surface area contributed by atoms with Gasteiger partial charge in [0.2, 0.25) is 5.91 Å². The Hall–Kier alpha value is -1.85. The third kappa shape index (κ3) is 4.56. The van der Waals surface area contributed by atoms with Crippen LogP contribution in [-0.2, 0) is 11.3 Å². The Balaban J connectivity index is 0.00000264. The highest BCUT2D eigenvalue weighted by Gasteiger charge is 2.20. The fraction of sp³-hybridized carbons (Fsp3) is 0.412. The lowest BCUT2D eigenvalue weighted by Gasteiger charge is -2.27. The highest BCUT2D eigenvalue weighted by molar-refractivity contribution is 5.85. The van der Waals surface area contributed by atoms with Crippen molar-refractivity contribution >= 4 is 29.2 Å². The lowest BCUT2D eigenvalue weighted by Crippen LogP contribution is -2.49. The summed E-state index contributed by atoms with van der Waals surface area (Å²) in [7, 11) is 0. The Morgan fingerprint density at radius 3 is 2.52 bits per heavy atom. The molecular weight excluding hydrogens is 314 g/mol. The van der Waals surface area contributed by atoms with Crippen LogP contribution in [0.15, 0.2) is 41.3 Å². The fourth-order valence-corrected chi connectivity index (χ4v) is 2.38. The van der Waals surface area contributed by atoms with Crippen molar-refractivity contribution in [3.8, 4) is 0 Å². The maximum atomic E-state index is 12.2. The van der Waals surface area contributed by atoms with Crippen molar-refractivity contribution in [1.29, 1.82) is 0 Å². The van der Waals surface area contributed by atoms with Gasteiger partial charge in [0, 0.05) is 29.7 Å². The van der Waals surface area contributed by atoms with E-state index in [4.69, 9.17) is 5.73 Å². The number of para-hydroxylation sites is 1. The van der Waals surface area contributed by atoms with Crippen molar-refractivity contribution in [3.63, 3.8) is 0 Å². The number of halogens is 1. The summed E-state index contributed by atoms with van der Waals surface area (Å²) in [6.45, 7) is 4.66. The Morgan fingerprint density at radius 2 is 1.87 bits per heavy atom. The van der Waals surface area contributed by atoms with E-state index in [1.807, 2.05) is 32.0 Å². The van der Waals surface area contributed by atoms with E-state index >= 15 is 0 Å². The average Bonchev–Trinajstić information content (AvgIpc) is 2.55. The molecule has 6 heteroatoms. The topological polar surface area (TPSA) is 77.1 Å². The van der Waals surface area contributed by atoms with Gasteiger partial charge in [0.25, 0.3) is 0 Å². The first kappa shape index (κ1) is 19.2. The number of aromatic nitrogens is 1. The van der Waals surface area contributed by atoms with Crippen molar-refractivity contribution in [1.82, 2.24) is 9.88 Å². The predicted octanol–water partition coefficient (Wildman–Crippen LogP) is 2.06. The fourth-order valence-electron chi connectivity index (χ4n) is 2.38. The number of pyridine rings is 1. The summed E-state index contributed by atoms with van der Waals surface area (Å²) in [5, 5.41) is 3.51. The Kier molecular flexibility index (Phi) is 6.79. The normalized spacial score (nSPS) is 11.1. The lowest BCUT2D eigenvalue weighted by atomic mass is 9.94. The molecule has 1 amide bonds. The minimum atomic E-state index is -0.360. The summed E-state index contributed by atoms with van der Waals surface area (Å²) in [5.41, 5.74) is 6.55. The van der Waals surface area contributed by atoms with Crippen LogP contribution >= 0.6 is 12.4 Å². The second-order valence-corrected chi connectivity index (χ2v) is 5.67. The first-order valence-electron chi connectivity index (χ1n) is 7.63. The highest BCUT2D eigenvalue weighted by Crippen LogP contribution is 2.11. The van der Waals surface area contributed by atoms with Crippen LogP contribution in [0.5, 0.6) is 0 Å². The van der Waals surface area contributed by atoms with Gasteiger partial charge >= 0.3 is 0 Å². The lowest BCUT2D eigenvalue weighted by molar-refractivity contribution is -0.121. The van der Waals surface area contributed by atoms with Crippen LogP contribution in [-0.4, -0.2) is 22.6 Å². The number of carbonyl (C=O) groups is 1. The number of rotatable bonds is 6. The molecular formula is C17H24ClN3O2. The van der Waals surface area contributed by atoms with Crippen LogP contribution in [0.25, 0.3) is 10.9 Å². The molecule has 0 saturated heterocycles. The summed E-state index contributed by atoms with van der Waals surface area (Å²) in [4.78, 5) is 24.0. The second-order valence-electron chi connectivity index (χ2n) is 5.67.